The molecule has 5 nitrogen and oxygen atoms in total. The highest BCUT2D eigenvalue weighted by Gasteiger charge is 2.10. The quantitative estimate of drug-likeness (QED) is 0.735. The van der Waals surface area contributed by atoms with Gasteiger partial charge in [0.2, 0.25) is 11.8 Å². The van der Waals surface area contributed by atoms with Gasteiger partial charge in [-0.3, -0.25) is 9.59 Å². The van der Waals surface area contributed by atoms with Crippen LogP contribution in [-0.2, 0) is 9.59 Å². The molecule has 17 heavy (non-hydrogen) atoms. The Morgan fingerprint density at radius 1 is 1.29 bits per heavy atom. The Kier molecular flexibility index (Phi) is 4.66. The summed E-state index contributed by atoms with van der Waals surface area (Å²) in [5.74, 6) is -0.383. The van der Waals surface area contributed by atoms with Crippen molar-refractivity contribution in [2.75, 3.05) is 10.6 Å². The van der Waals surface area contributed by atoms with Gasteiger partial charge in [0.1, 0.15) is 0 Å². The van der Waals surface area contributed by atoms with E-state index in [1.54, 1.807) is 24.3 Å². The van der Waals surface area contributed by atoms with Gasteiger partial charge in [-0.05, 0) is 24.6 Å². The van der Waals surface area contributed by atoms with E-state index in [1.165, 1.54) is 6.92 Å². The standard InChI is InChI=1S/C12H17N3O2/c1-3-11(13)12(17)15-10-6-4-5-9(7-10)14-8(2)16/h4-7,11H,3,13H2,1-2H3,(H,14,16)(H,15,17)/t11-/m0/s1. The van der Waals surface area contributed by atoms with Crippen molar-refractivity contribution >= 4 is 23.2 Å². The minimum absolute atomic E-state index is 0.154. The number of nitrogens with two attached hydrogens (primary N) is 1. The van der Waals surface area contributed by atoms with Crippen molar-refractivity contribution in [1.82, 2.24) is 0 Å². The highest BCUT2D eigenvalue weighted by molar-refractivity contribution is 5.96. The molecule has 92 valence electrons. The number of carbonyl (C=O) groups excluding carboxylic acids is 2. The fourth-order valence-corrected chi connectivity index (χ4v) is 1.30. The lowest BCUT2D eigenvalue weighted by Crippen LogP contribution is -2.34. The second kappa shape index (κ2) is 6.00. The van der Waals surface area contributed by atoms with Crippen LogP contribution in [0, 0.1) is 0 Å². The Morgan fingerprint density at radius 2 is 1.88 bits per heavy atom. The molecule has 2 amide bonds. The van der Waals surface area contributed by atoms with Crippen LogP contribution in [-0.4, -0.2) is 17.9 Å². The zero-order chi connectivity index (χ0) is 12.8. The second-order valence-electron chi connectivity index (χ2n) is 3.77. The first-order chi connectivity index (χ1) is 8.02. The van der Waals surface area contributed by atoms with Gasteiger partial charge >= 0.3 is 0 Å². The fraction of sp³-hybridized carbons (Fsp3) is 0.333. The maximum atomic E-state index is 11.6. The van der Waals surface area contributed by atoms with Crippen molar-refractivity contribution in [2.45, 2.75) is 26.3 Å². The molecule has 1 atom stereocenters. The number of anilines is 2. The summed E-state index contributed by atoms with van der Waals surface area (Å²) in [5, 5.41) is 5.33. The molecule has 0 aliphatic heterocycles. The summed E-state index contributed by atoms with van der Waals surface area (Å²) >= 11 is 0. The maximum absolute atomic E-state index is 11.6. The largest absolute Gasteiger partial charge is 0.326 e. The third kappa shape index (κ3) is 4.24. The third-order valence-corrected chi connectivity index (χ3v) is 2.23. The molecule has 1 aromatic carbocycles. The fourth-order valence-electron chi connectivity index (χ4n) is 1.30. The van der Waals surface area contributed by atoms with Crippen molar-refractivity contribution in [3.63, 3.8) is 0 Å². The number of hydrogen-bond acceptors (Lipinski definition) is 3. The molecule has 1 rings (SSSR count). The van der Waals surface area contributed by atoms with E-state index in [0.717, 1.165) is 0 Å². The molecule has 0 aromatic heterocycles. The van der Waals surface area contributed by atoms with E-state index in [-0.39, 0.29) is 11.8 Å². The summed E-state index contributed by atoms with van der Waals surface area (Å²) in [6, 6.07) is 6.40. The summed E-state index contributed by atoms with van der Waals surface area (Å²) in [7, 11) is 0. The monoisotopic (exact) mass is 235 g/mol. The predicted octanol–water partition coefficient (Wildman–Crippen LogP) is 1.32. The van der Waals surface area contributed by atoms with Gasteiger partial charge in [0, 0.05) is 18.3 Å². The van der Waals surface area contributed by atoms with Crippen LogP contribution in [0.15, 0.2) is 24.3 Å². The van der Waals surface area contributed by atoms with E-state index in [2.05, 4.69) is 10.6 Å². The number of nitrogens with one attached hydrogen (secondary N) is 2. The van der Waals surface area contributed by atoms with Crippen LogP contribution in [0.5, 0.6) is 0 Å². The zero-order valence-electron chi connectivity index (χ0n) is 9.99. The zero-order valence-corrected chi connectivity index (χ0v) is 9.99. The van der Waals surface area contributed by atoms with Crippen molar-refractivity contribution < 1.29 is 9.59 Å². The molecular weight excluding hydrogens is 218 g/mol. The smallest absolute Gasteiger partial charge is 0.241 e. The summed E-state index contributed by atoms with van der Waals surface area (Å²) in [6.45, 7) is 3.27. The molecule has 0 spiro atoms. The summed E-state index contributed by atoms with van der Waals surface area (Å²) < 4.78 is 0. The first-order valence-corrected chi connectivity index (χ1v) is 5.47. The van der Waals surface area contributed by atoms with E-state index >= 15 is 0 Å². The molecule has 4 N–H and O–H groups in total. The minimum Gasteiger partial charge on any atom is -0.326 e. The van der Waals surface area contributed by atoms with Crippen LogP contribution in [0.25, 0.3) is 0 Å². The molecule has 0 unspecified atom stereocenters. The molecule has 0 bridgehead atoms. The molecule has 0 saturated carbocycles. The SMILES string of the molecule is CC[C@H](N)C(=O)Nc1cccc(NC(C)=O)c1. The number of rotatable bonds is 4. The summed E-state index contributed by atoms with van der Waals surface area (Å²) in [4.78, 5) is 22.4. The van der Waals surface area contributed by atoms with Gasteiger partial charge in [-0.1, -0.05) is 13.0 Å². The highest BCUT2D eigenvalue weighted by atomic mass is 16.2. The van der Waals surface area contributed by atoms with Gasteiger partial charge < -0.3 is 16.4 Å². The Balaban J connectivity index is 2.72. The van der Waals surface area contributed by atoms with Gasteiger partial charge in [0.15, 0.2) is 0 Å². The molecule has 0 fully saturated rings. The Bertz CT molecular complexity index is 418. The van der Waals surface area contributed by atoms with E-state index in [9.17, 15) is 9.59 Å². The van der Waals surface area contributed by atoms with Crippen LogP contribution >= 0.6 is 0 Å². The van der Waals surface area contributed by atoms with E-state index in [4.69, 9.17) is 5.73 Å². The molecular formula is C12H17N3O2. The molecule has 0 aliphatic rings. The van der Waals surface area contributed by atoms with Crippen LogP contribution in [0.4, 0.5) is 11.4 Å². The highest BCUT2D eigenvalue weighted by Crippen LogP contribution is 2.15. The topological polar surface area (TPSA) is 84.2 Å². The first-order valence-electron chi connectivity index (χ1n) is 5.47. The number of amides is 2. The lowest BCUT2D eigenvalue weighted by Gasteiger charge is -2.11. The van der Waals surface area contributed by atoms with Gasteiger partial charge in [-0.25, -0.2) is 0 Å². The van der Waals surface area contributed by atoms with Crippen molar-refractivity contribution in [1.29, 1.82) is 0 Å². The molecule has 0 radical (unpaired) electrons. The van der Waals surface area contributed by atoms with Crippen LogP contribution in [0.1, 0.15) is 20.3 Å². The molecule has 5 heteroatoms. The number of hydrogen-bond donors (Lipinski definition) is 3. The number of carbonyl (C=O) groups is 2. The van der Waals surface area contributed by atoms with E-state index in [1.807, 2.05) is 6.92 Å². The summed E-state index contributed by atoms with van der Waals surface area (Å²) in [5.41, 5.74) is 6.86. The van der Waals surface area contributed by atoms with E-state index < -0.39 is 6.04 Å². The van der Waals surface area contributed by atoms with Gasteiger partial charge in [0.05, 0.1) is 6.04 Å². The molecule has 0 heterocycles. The molecule has 1 aromatic rings. The van der Waals surface area contributed by atoms with Crippen LogP contribution in [0.3, 0.4) is 0 Å². The lowest BCUT2D eigenvalue weighted by molar-refractivity contribution is -0.117. The average molecular weight is 235 g/mol. The van der Waals surface area contributed by atoms with Crippen molar-refractivity contribution in [2.24, 2.45) is 5.73 Å². The van der Waals surface area contributed by atoms with Gasteiger partial charge in [0.25, 0.3) is 0 Å². The van der Waals surface area contributed by atoms with E-state index in [0.29, 0.717) is 17.8 Å². The minimum atomic E-state index is -0.514. The summed E-state index contributed by atoms with van der Waals surface area (Å²) in [6.07, 6.45) is 0.581. The third-order valence-electron chi connectivity index (χ3n) is 2.23. The second-order valence-corrected chi connectivity index (χ2v) is 3.77. The van der Waals surface area contributed by atoms with Crippen molar-refractivity contribution in [3.05, 3.63) is 24.3 Å². The van der Waals surface area contributed by atoms with Gasteiger partial charge in [-0.15, -0.1) is 0 Å². The molecule has 0 saturated heterocycles. The first kappa shape index (κ1) is 13.2. The Morgan fingerprint density at radius 3 is 2.41 bits per heavy atom. The Hall–Kier alpha value is -1.88. The maximum Gasteiger partial charge on any atom is 0.241 e. The van der Waals surface area contributed by atoms with Gasteiger partial charge in [-0.2, -0.15) is 0 Å². The normalized spacial score (nSPS) is 11.7. The molecule has 0 aliphatic carbocycles. The van der Waals surface area contributed by atoms with Crippen LogP contribution in [0.2, 0.25) is 0 Å². The predicted molar refractivity (Wildman–Crippen MR) is 67.6 cm³/mol. The Labute approximate surface area is 100 Å². The van der Waals surface area contributed by atoms with Crippen molar-refractivity contribution in [3.8, 4) is 0 Å². The average Bonchev–Trinajstić information content (AvgIpc) is 2.27. The lowest BCUT2D eigenvalue weighted by atomic mass is 10.2. The number of benzene rings is 1. The van der Waals surface area contributed by atoms with Crippen LogP contribution < -0.4 is 16.4 Å².